The number of carbonyl (C=O) groups is 1. The molecular weight excluding hydrogens is 368 g/mol. The van der Waals surface area contributed by atoms with Crippen LogP contribution in [0.2, 0.25) is 0 Å². The zero-order valence-corrected chi connectivity index (χ0v) is 15.4. The lowest BCUT2D eigenvalue weighted by Crippen LogP contribution is -2.35. The van der Waals surface area contributed by atoms with Crippen LogP contribution in [-0.4, -0.2) is 30.6 Å². The average Bonchev–Trinajstić information content (AvgIpc) is 3.35. The van der Waals surface area contributed by atoms with E-state index in [0.717, 1.165) is 29.9 Å². The minimum atomic E-state index is -0.164. The number of aromatic nitrogens is 5. The Labute approximate surface area is 165 Å². The molecule has 0 saturated heterocycles. The highest BCUT2D eigenvalue weighted by molar-refractivity contribution is 6.06. The molecule has 0 unspecified atom stereocenters. The molecule has 1 fully saturated rings. The van der Waals surface area contributed by atoms with E-state index < -0.39 is 0 Å². The summed E-state index contributed by atoms with van der Waals surface area (Å²) in [4.78, 5) is 28.3. The van der Waals surface area contributed by atoms with Crippen molar-refractivity contribution in [3.05, 3.63) is 72.3 Å². The lowest BCUT2D eigenvalue weighted by atomic mass is 10.1. The first kappa shape index (κ1) is 16.2. The second-order valence-electron chi connectivity index (χ2n) is 7.24. The van der Waals surface area contributed by atoms with Gasteiger partial charge in [0.25, 0.3) is 5.91 Å². The molecule has 1 amide bonds. The molecule has 1 aromatic carbocycles. The molecule has 0 N–H and O–H groups in total. The predicted octanol–water partition coefficient (Wildman–Crippen LogP) is 3.36. The van der Waals surface area contributed by atoms with Gasteiger partial charge < -0.3 is 4.52 Å². The number of rotatable bonds is 3. The standard InChI is InChI=1S/C21H16N6O2/c28-21(14-5-3-4-10-22-14)26-11-17-18(19-24-20(29-25-19)13-8-9-13)23-12-27(17)16-7-2-1-6-15(16)26/h1-7,10,12-13H,8-9,11H2. The van der Waals surface area contributed by atoms with Crippen LogP contribution >= 0.6 is 0 Å². The van der Waals surface area contributed by atoms with Crippen LogP contribution in [-0.2, 0) is 6.54 Å². The van der Waals surface area contributed by atoms with Gasteiger partial charge in [-0.05, 0) is 37.1 Å². The fourth-order valence-corrected chi connectivity index (χ4v) is 3.69. The average molecular weight is 384 g/mol. The summed E-state index contributed by atoms with van der Waals surface area (Å²) < 4.78 is 7.40. The van der Waals surface area contributed by atoms with Crippen molar-refractivity contribution in [2.75, 3.05) is 4.90 Å². The molecule has 0 spiro atoms. The number of carbonyl (C=O) groups excluding carboxylic acids is 1. The molecule has 0 bridgehead atoms. The van der Waals surface area contributed by atoms with Crippen LogP contribution in [0.25, 0.3) is 17.2 Å². The Hall–Kier alpha value is -3.81. The van der Waals surface area contributed by atoms with E-state index in [1.165, 1.54) is 0 Å². The summed E-state index contributed by atoms with van der Waals surface area (Å²) >= 11 is 0. The van der Waals surface area contributed by atoms with Gasteiger partial charge in [0.2, 0.25) is 11.7 Å². The zero-order valence-electron chi connectivity index (χ0n) is 15.4. The van der Waals surface area contributed by atoms with Gasteiger partial charge in [0, 0.05) is 12.1 Å². The summed E-state index contributed by atoms with van der Waals surface area (Å²) in [5.41, 5.74) is 3.56. The maximum absolute atomic E-state index is 13.2. The third-order valence-corrected chi connectivity index (χ3v) is 5.32. The Morgan fingerprint density at radius 1 is 1.03 bits per heavy atom. The fraction of sp³-hybridized carbons (Fsp3) is 0.190. The van der Waals surface area contributed by atoms with Crippen molar-refractivity contribution < 1.29 is 9.32 Å². The van der Waals surface area contributed by atoms with Gasteiger partial charge in [0.1, 0.15) is 17.7 Å². The molecule has 29 heavy (non-hydrogen) atoms. The van der Waals surface area contributed by atoms with Gasteiger partial charge in [0.15, 0.2) is 0 Å². The second-order valence-corrected chi connectivity index (χ2v) is 7.24. The van der Waals surface area contributed by atoms with Crippen molar-refractivity contribution in [1.82, 2.24) is 24.7 Å². The minimum Gasteiger partial charge on any atom is -0.339 e. The van der Waals surface area contributed by atoms with Gasteiger partial charge in [-0.3, -0.25) is 19.2 Å². The topological polar surface area (TPSA) is 89.9 Å². The first-order chi connectivity index (χ1) is 14.3. The van der Waals surface area contributed by atoms with E-state index in [1.807, 2.05) is 34.9 Å². The van der Waals surface area contributed by atoms with Gasteiger partial charge in [-0.1, -0.05) is 23.4 Å². The van der Waals surface area contributed by atoms with Crippen molar-refractivity contribution in [1.29, 1.82) is 0 Å². The lowest BCUT2D eigenvalue weighted by Gasteiger charge is -2.30. The van der Waals surface area contributed by atoms with Crippen LogP contribution in [0.1, 0.15) is 40.8 Å². The summed E-state index contributed by atoms with van der Waals surface area (Å²) in [5, 5.41) is 4.13. The highest BCUT2D eigenvalue weighted by atomic mass is 16.5. The lowest BCUT2D eigenvalue weighted by molar-refractivity contribution is 0.0979. The molecule has 1 saturated carbocycles. The Morgan fingerprint density at radius 2 is 1.86 bits per heavy atom. The van der Waals surface area contributed by atoms with E-state index >= 15 is 0 Å². The number of hydrogen-bond acceptors (Lipinski definition) is 6. The Morgan fingerprint density at radius 3 is 2.66 bits per heavy atom. The molecule has 2 aliphatic rings. The first-order valence-corrected chi connectivity index (χ1v) is 9.52. The number of hydrogen-bond donors (Lipinski definition) is 0. The van der Waals surface area contributed by atoms with Crippen LogP contribution < -0.4 is 4.90 Å². The van der Waals surface area contributed by atoms with Crippen molar-refractivity contribution >= 4 is 11.6 Å². The minimum absolute atomic E-state index is 0.164. The van der Waals surface area contributed by atoms with Crippen molar-refractivity contribution in [3.8, 4) is 17.2 Å². The number of benzene rings is 1. The van der Waals surface area contributed by atoms with E-state index in [4.69, 9.17) is 4.52 Å². The molecule has 1 aliphatic carbocycles. The van der Waals surface area contributed by atoms with Crippen LogP contribution in [0.4, 0.5) is 5.69 Å². The van der Waals surface area contributed by atoms with Gasteiger partial charge in [0.05, 0.1) is 23.6 Å². The van der Waals surface area contributed by atoms with E-state index in [-0.39, 0.29) is 5.91 Å². The summed E-state index contributed by atoms with van der Waals surface area (Å²) in [5.74, 6) is 1.34. The summed E-state index contributed by atoms with van der Waals surface area (Å²) in [6, 6.07) is 13.1. The Balaban J connectivity index is 1.46. The van der Waals surface area contributed by atoms with Crippen LogP contribution in [0.3, 0.4) is 0 Å². The van der Waals surface area contributed by atoms with Crippen molar-refractivity contribution in [2.45, 2.75) is 25.3 Å². The number of nitrogens with zero attached hydrogens (tertiary/aromatic N) is 6. The predicted molar refractivity (Wildman–Crippen MR) is 104 cm³/mol. The fourth-order valence-electron chi connectivity index (χ4n) is 3.69. The molecule has 142 valence electrons. The molecule has 3 aromatic heterocycles. The number of para-hydroxylation sites is 2. The van der Waals surface area contributed by atoms with E-state index in [0.29, 0.717) is 35.6 Å². The van der Waals surface area contributed by atoms with Crippen LogP contribution in [0.5, 0.6) is 0 Å². The summed E-state index contributed by atoms with van der Waals surface area (Å²) in [7, 11) is 0. The molecule has 0 radical (unpaired) electrons. The zero-order chi connectivity index (χ0) is 19.4. The number of imidazole rings is 1. The maximum atomic E-state index is 13.2. The van der Waals surface area contributed by atoms with Crippen molar-refractivity contribution in [2.24, 2.45) is 0 Å². The normalized spacial score (nSPS) is 15.1. The second kappa shape index (κ2) is 6.10. The molecule has 8 nitrogen and oxygen atoms in total. The summed E-state index contributed by atoms with van der Waals surface area (Å²) in [6.45, 7) is 0.342. The first-order valence-electron chi connectivity index (χ1n) is 9.52. The van der Waals surface area contributed by atoms with Crippen molar-refractivity contribution in [3.63, 3.8) is 0 Å². The quantitative estimate of drug-likeness (QED) is 0.538. The Kier molecular flexibility index (Phi) is 3.40. The third kappa shape index (κ3) is 2.56. The van der Waals surface area contributed by atoms with E-state index in [9.17, 15) is 4.79 Å². The molecule has 6 rings (SSSR count). The van der Waals surface area contributed by atoms with E-state index in [2.05, 4.69) is 20.1 Å². The van der Waals surface area contributed by atoms with Crippen LogP contribution in [0, 0.1) is 0 Å². The number of anilines is 1. The molecular formula is C21H16N6O2. The number of amides is 1. The monoisotopic (exact) mass is 384 g/mol. The van der Waals surface area contributed by atoms with Gasteiger partial charge in [-0.15, -0.1) is 0 Å². The molecule has 0 atom stereocenters. The SMILES string of the molecule is O=C(c1ccccn1)N1Cc2c(-c3noc(C4CC4)n3)ncn2-c2ccccc21. The van der Waals surface area contributed by atoms with Gasteiger partial charge in [-0.2, -0.15) is 4.98 Å². The summed E-state index contributed by atoms with van der Waals surface area (Å²) in [6.07, 6.45) is 5.54. The van der Waals surface area contributed by atoms with Crippen LogP contribution in [0.15, 0.2) is 59.5 Å². The third-order valence-electron chi connectivity index (χ3n) is 5.32. The highest BCUT2D eigenvalue weighted by Gasteiger charge is 2.33. The molecule has 8 heteroatoms. The molecule has 4 heterocycles. The highest BCUT2D eigenvalue weighted by Crippen LogP contribution is 2.40. The number of fused-ring (bicyclic) bond motifs is 3. The maximum Gasteiger partial charge on any atom is 0.277 e. The van der Waals surface area contributed by atoms with E-state index in [1.54, 1.807) is 29.6 Å². The van der Waals surface area contributed by atoms with Gasteiger partial charge in [-0.25, -0.2) is 4.98 Å². The molecule has 1 aliphatic heterocycles. The largest absolute Gasteiger partial charge is 0.339 e. The molecule has 4 aromatic rings. The number of pyridine rings is 1. The van der Waals surface area contributed by atoms with Gasteiger partial charge >= 0.3 is 0 Å². The smallest absolute Gasteiger partial charge is 0.277 e. The Bertz CT molecular complexity index is 1220.